The summed E-state index contributed by atoms with van der Waals surface area (Å²) in [5, 5.41) is 20.1. The fraction of sp³-hybridized carbons (Fsp3) is 0. The normalized spacial score (nSPS) is 10.2. The van der Waals surface area contributed by atoms with Crippen LogP contribution in [0.15, 0.2) is 45.3 Å². The van der Waals surface area contributed by atoms with E-state index < -0.39 is 10.9 Å². The van der Waals surface area contributed by atoms with E-state index in [1.54, 1.807) is 6.07 Å². The van der Waals surface area contributed by atoms with E-state index in [-0.39, 0.29) is 22.7 Å². The highest BCUT2D eigenvalue weighted by molar-refractivity contribution is 9.10. The predicted octanol–water partition coefficient (Wildman–Crippen LogP) is 4.61. The molecule has 0 saturated carbocycles. The number of nitrogens with zero attached hydrogens (tertiary/aromatic N) is 1. The topological polar surface area (TPSA) is 89.7 Å². The van der Waals surface area contributed by atoms with Crippen molar-refractivity contribution in [3.63, 3.8) is 0 Å². The third-order valence-electron chi connectivity index (χ3n) is 2.51. The lowest BCUT2D eigenvalue weighted by atomic mass is 10.2. The molecule has 0 aliphatic rings. The summed E-state index contributed by atoms with van der Waals surface area (Å²) >= 11 is 6.36. The number of ether oxygens (including phenoxy) is 1. The number of carbonyl (C=O) groups is 1. The Bertz CT molecular complexity index is 732. The zero-order valence-electron chi connectivity index (χ0n) is 10.2. The number of halogens is 2. The van der Waals surface area contributed by atoms with Crippen molar-refractivity contribution >= 4 is 43.5 Å². The summed E-state index contributed by atoms with van der Waals surface area (Å²) in [7, 11) is 0. The maximum absolute atomic E-state index is 11.2. The molecule has 0 heterocycles. The molecule has 8 heteroatoms. The van der Waals surface area contributed by atoms with E-state index in [2.05, 4.69) is 31.9 Å². The van der Waals surface area contributed by atoms with E-state index in [0.717, 1.165) is 0 Å². The van der Waals surface area contributed by atoms with Gasteiger partial charge in [-0.3, -0.25) is 10.1 Å². The van der Waals surface area contributed by atoms with E-state index in [1.807, 2.05) is 0 Å². The van der Waals surface area contributed by atoms with Crippen LogP contribution in [0, 0.1) is 10.1 Å². The summed E-state index contributed by atoms with van der Waals surface area (Å²) in [5.74, 6) is -1.21. The van der Waals surface area contributed by atoms with Gasteiger partial charge >= 0.3 is 11.7 Å². The summed E-state index contributed by atoms with van der Waals surface area (Å²) in [6, 6.07) is 8.57. The summed E-state index contributed by atoms with van der Waals surface area (Å²) in [6.45, 7) is 0. The molecule has 0 bridgehead atoms. The first-order valence-corrected chi connectivity index (χ1v) is 7.11. The number of nitro benzene ring substituents is 1. The maximum Gasteiger partial charge on any atom is 0.339 e. The van der Waals surface area contributed by atoms with Gasteiger partial charge in [0.2, 0.25) is 5.75 Å². The molecule has 0 spiro atoms. The van der Waals surface area contributed by atoms with Crippen molar-refractivity contribution in [2.45, 2.75) is 0 Å². The first-order chi connectivity index (χ1) is 9.88. The molecule has 0 saturated heterocycles. The fourth-order valence-corrected chi connectivity index (χ4v) is 2.30. The Balaban J connectivity index is 2.50. The van der Waals surface area contributed by atoms with Crippen molar-refractivity contribution in [2.24, 2.45) is 0 Å². The minimum atomic E-state index is -1.19. The predicted molar refractivity (Wildman–Crippen MR) is 82.0 cm³/mol. The second-order valence-electron chi connectivity index (χ2n) is 3.92. The van der Waals surface area contributed by atoms with Crippen LogP contribution in [0.1, 0.15) is 10.4 Å². The Labute approximate surface area is 135 Å². The van der Waals surface area contributed by atoms with Gasteiger partial charge in [-0.1, -0.05) is 31.9 Å². The lowest BCUT2D eigenvalue weighted by Gasteiger charge is -2.09. The summed E-state index contributed by atoms with van der Waals surface area (Å²) in [5.41, 5.74) is -0.351. The SMILES string of the molecule is O=C(O)c1cc(Br)ccc1Oc1cc(Br)ccc1[N+](=O)[O-]. The number of rotatable bonds is 4. The quantitative estimate of drug-likeness (QED) is 0.580. The zero-order valence-corrected chi connectivity index (χ0v) is 13.4. The lowest BCUT2D eigenvalue weighted by molar-refractivity contribution is -0.385. The van der Waals surface area contributed by atoms with Crippen LogP contribution in [0.2, 0.25) is 0 Å². The van der Waals surface area contributed by atoms with Crippen molar-refractivity contribution in [2.75, 3.05) is 0 Å². The number of nitro groups is 1. The average molecular weight is 417 g/mol. The first kappa shape index (κ1) is 15.5. The van der Waals surface area contributed by atoms with Crippen molar-refractivity contribution in [3.8, 4) is 11.5 Å². The number of carboxylic acids is 1. The molecule has 2 aromatic rings. The third-order valence-corrected chi connectivity index (χ3v) is 3.50. The Morgan fingerprint density at radius 1 is 1.10 bits per heavy atom. The highest BCUT2D eigenvalue weighted by Gasteiger charge is 2.19. The number of benzene rings is 2. The third kappa shape index (κ3) is 3.59. The van der Waals surface area contributed by atoms with Crippen LogP contribution in [-0.4, -0.2) is 16.0 Å². The van der Waals surface area contributed by atoms with Crippen LogP contribution < -0.4 is 4.74 Å². The van der Waals surface area contributed by atoms with E-state index in [9.17, 15) is 14.9 Å². The molecule has 0 aliphatic carbocycles. The zero-order chi connectivity index (χ0) is 15.6. The van der Waals surface area contributed by atoms with Crippen LogP contribution in [-0.2, 0) is 0 Å². The molecular weight excluding hydrogens is 410 g/mol. The standard InChI is InChI=1S/C13H7Br2NO5/c14-7-2-4-11(9(5-7)13(17)18)21-12-6-8(15)1-3-10(12)16(19)20/h1-6H,(H,17,18). The van der Waals surface area contributed by atoms with Gasteiger partial charge in [-0.2, -0.15) is 0 Å². The van der Waals surface area contributed by atoms with Crippen molar-refractivity contribution in [1.82, 2.24) is 0 Å². The van der Waals surface area contributed by atoms with Crippen LogP contribution in [0.3, 0.4) is 0 Å². The summed E-state index contributed by atoms with van der Waals surface area (Å²) in [4.78, 5) is 21.6. The molecule has 2 aromatic carbocycles. The number of hydrogen-bond acceptors (Lipinski definition) is 4. The molecule has 21 heavy (non-hydrogen) atoms. The van der Waals surface area contributed by atoms with E-state index in [1.165, 1.54) is 30.3 Å². The Morgan fingerprint density at radius 2 is 1.71 bits per heavy atom. The minimum absolute atomic E-state index is 0.0203. The molecule has 108 valence electrons. The molecule has 2 rings (SSSR count). The van der Waals surface area contributed by atoms with E-state index >= 15 is 0 Å². The molecule has 0 aromatic heterocycles. The average Bonchev–Trinajstić information content (AvgIpc) is 2.40. The molecule has 1 N–H and O–H groups in total. The van der Waals surface area contributed by atoms with Gasteiger partial charge < -0.3 is 9.84 Å². The van der Waals surface area contributed by atoms with Gasteiger partial charge in [-0.15, -0.1) is 0 Å². The monoisotopic (exact) mass is 415 g/mol. The maximum atomic E-state index is 11.2. The largest absolute Gasteiger partial charge is 0.478 e. The molecule has 0 amide bonds. The van der Waals surface area contributed by atoms with Crippen LogP contribution >= 0.6 is 31.9 Å². The number of aromatic carboxylic acids is 1. The van der Waals surface area contributed by atoms with Crippen molar-refractivity contribution in [1.29, 1.82) is 0 Å². The van der Waals surface area contributed by atoms with Gasteiger partial charge in [0, 0.05) is 21.1 Å². The summed E-state index contributed by atoms with van der Waals surface area (Å²) < 4.78 is 6.57. The Kier molecular flexibility index (Phi) is 4.59. The number of carboxylic acid groups (broad SMARTS) is 1. The van der Waals surface area contributed by atoms with Crippen LogP contribution in [0.5, 0.6) is 11.5 Å². The van der Waals surface area contributed by atoms with Crippen molar-refractivity contribution in [3.05, 3.63) is 61.0 Å². The lowest BCUT2D eigenvalue weighted by Crippen LogP contribution is -2.01. The molecule has 0 radical (unpaired) electrons. The van der Waals surface area contributed by atoms with E-state index in [4.69, 9.17) is 9.84 Å². The molecule has 6 nitrogen and oxygen atoms in total. The summed E-state index contributed by atoms with van der Waals surface area (Å²) in [6.07, 6.45) is 0. The van der Waals surface area contributed by atoms with Gasteiger partial charge in [0.25, 0.3) is 0 Å². The van der Waals surface area contributed by atoms with Crippen molar-refractivity contribution < 1.29 is 19.6 Å². The van der Waals surface area contributed by atoms with Crippen LogP contribution in [0.4, 0.5) is 5.69 Å². The second-order valence-corrected chi connectivity index (χ2v) is 5.75. The van der Waals surface area contributed by atoms with Gasteiger partial charge in [0.1, 0.15) is 11.3 Å². The van der Waals surface area contributed by atoms with Gasteiger partial charge in [0.15, 0.2) is 0 Å². The minimum Gasteiger partial charge on any atom is -0.478 e. The van der Waals surface area contributed by atoms with Gasteiger partial charge in [-0.05, 0) is 24.3 Å². The fourth-order valence-electron chi connectivity index (χ4n) is 1.60. The molecule has 0 fully saturated rings. The van der Waals surface area contributed by atoms with Crippen LogP contribution in [0.25, 0.3) is 0 Å². The molecule has 0 aliphatic heterocycles. The Morgan fingerprint density at radius 3 is 2.33 bits per heavy atom. The molecular formula is C13H7Br2NO5. The van der Waals surface area contributed by atoms with Gasteiger partial charge in [0.05, 0.1) is 4.92 Å². The molecule has 0 atom stereocenters. The number of hydrogen-bond donors (Lipinski definition) is 1. The smallest absolute Gasteiger partial charge is 0.339 e. The Hall–Kier alpha value is -1.93. The van der Waals surface area contributed by atoms with E-state index in [0.29, 0.717) is 8.95 Å². The molecule has 0 unspecified atom stereocenters. The highest BCUT2D eigenvalue weighted by Crippen LogP contribution is 2.35. The first-order valence-electron chi connectivity index (χ1n) is 5.53. The highest BCUT2D eigenvalue weighted by atomic mass is 79.9. The second kappa shape index (κ2) is 6.23. The van der Waals surface area contributed by atoms with Gasteiger partial charge in [-0.25, -0.2) is 4.79 Å².